The van der Waals surface area contributed by atoms with Gasteiger partial charge in [0.15, 0.2) is 5.65 Å². The third kappa shape index (κ3) is 3.65. The molecule has 6 nitrogen and oxygen atoms in total. The Balaban J connectivity index is 1.29. The summed E-state index contributed by atoms with van der Waals surface area (Å²) >= 11 is 1.59. The van der Waals surface area contributed by atoms with Crippen molar-refractivity contribution < 1.29 is 4.79 Å². The number of pyridine rings is 1. The number of hydrogen-bond donors (Lipinski definition) is 0. The van der Waals surface area contributed by atoms with E-state index in [2.05, 4.69) is 15.2 Å². The van der Waals surface area contributed by atoms with Crippen molar-refractivity contribution in [1.29, 1.82) is 0 Å². The van der Waals surface area contributed by atoms with Crippen LogP contribution in [0.25, 0.3) is 16.2 Å². The van der Waals surface area contributed by atoms with Crippen molar-refractivity contribution in [2.75, 3.05) is 13.1 Å². The number of carbonyl (C=O) groups excluding carboxylic acids is 1. The van der Waals surface area contributed by atoms with Crippen LogP contribution >= 0.6 is 11.3 Å². The standard InChI is InChI=1S/C22H21N5OS/c28-20(13-18-15-29-22(23-18)16-7-2-1-3-8-16)26-11-6-9-17(14-26)21-25-24-19-10-4-5-12-27(19)21/h1-5,7-8,10,12,15,17H,6,9,11,13-14H2. The molecule has 1 aliphatic heterocycles. The van der Waals surface area contributed by atoms with Crippen molar-refractivity contribution >= 4 is 22.9 Å². The minimum absolute atomic E-state index is 0.133. The lowest BCUT2D eigenvalue weighted by Gasteiger charge is -2.32. The van der Waals surface area contributed by atoms with E-state index in [0.717, 1.165) is 47.1 Å². The van der Waals surface area contributed by atoms with Gasteiger partial charge >= 0.3 is 0 Å². The number of amides is 1. The highest BCUT2D eigenvalue weighted by molar-refractivity contribution is 7.13. The monoisotopic (exact) mass is 403 g/mol. The molecule has 0 N–H and O–H groups in total. The van der Waals surface area contributed by atoms with Crippen molar-refractivity contribution in [3.8, 4) is 10.6 Å². The number of nitrogens with zero attached hydrogens (tertiary/aromatic N) is 5. The van der Waals surface area contributed by atoms with Crippen LogP contribution in [0.2, 0.25) is 0 Å². The summed E-state index contributed by atoms with van der Waals surface area (Å²) in [6.07, 6.45) is 4.33. The highest BCUT2D eigenvalue weighted by Gasteiger charge is 2.28. The van der Waals surface area contributed by atoms with Gasteiger partial charge in [-0.1, -0.05) is 36.4 Å². The van der Waals surface area contributed by atoms with Crippen molar-refractivity contribution in [3.63, 3.8) is 0 Å². The zero-order valence-corrected chi connectivity index (χ0v) is 16.8. The molecule has 1 fully saturated rings. The largest absolute Gasteiger partial charge is 0.342 e. The number of piperidine rings is 1. The maximum atomic E-state index is 12.9. The van der Waals surface area contributed by atoms with Crippen LogP contribution in [-0.2, 0) is 11.2 Å². The van der Waals surface area contributed by atoms with Gasteiger partial charge in [-0.05, 0) is 25.0 Å². The lowest BCUT2D eigenvalue weighted by atomic mass is 9.97. The summed E-state index contributed by atoms with van der Waals surface area (Å²) in [4.78, 5) is 19.6. The fourth-order valence-electron chi connectivity index (χ4n) is 3.92. The topological polar surface area (TPSA) is 63.4 Å². The van der Waals surface area contributed by atoms with E-state index in [9.17, 15) is 4.79 Å². The van der Waals surface area contributed by atoms with Crippen LogP contribution in [0.15, 0.2) is 60.1 Å². The molecule has 0 saturated carbocycles. The minimum Gasteiger partial charge on any atom is -0.342 e. The van der Waals surface area contributed by atoms with Crippen molar-refractivity contribution in [1.82, 2.24) is 24.5 Å². The third-order valence-electron chi connectivity index (χ3n) is 5.38. The van der Waals surface area contributed by atoms with Gasteiger partial charge in [0, 0.05) is 36.1 Å². The molecule has 0 bridgehead atoms. The molecule has 5 rings (SSSR count). The van der Waals surface area contributed by atoms with Gasteiger partial charge in [-0.15, -0.1) is 21.5 Å². The molecule has 1 aromatic carbocycles. The van der Waals surface area contributed by atoms with Gasteiger partial charge in [0.25, 0.3) is 0 Å². The van der Waals surface area contributed by atoms with E-state index in [1.165, 1.54) is 0 Å². The Labute approximate surface area is 172 Å². The molecule has 4 heterocycles. The first-order chi connectivity index (χ1) is 14.3. The smallest absolute Gasteiger partial charge is 0.228 e. The number of hydrogen-bond acceptors (Lipinski definition) is 5. The Bertz CT molecular complexity index is 1140. The summed E-state index contributed by atoms with van der Waals surface area (Å²) < 4.78 is 2.03. The first-order valence-electron chi connectivity index (χ1n) is 9.85. The molecule has 3 aromatic heterocycles. The van der Waals surface area contributed by atoms with Gasteiger partial charge in [-0.2, -0.15) is 0 Å². The summed E-state index contributed by atoms with van der Waals surface area (Å²) in [6, 6.07) is 16.0. The Morgan fingerprint density at radius 3 is 2.86 bits per heavy atom. The fraction of sp³-hybridized carbons (Fsp3) is 0.273. The SMILES string of the molecule is O=C(Cc1csc(-c2ccccc2)n1)N1CCCC(c2nnc3ccccn23)C1. The second-order valence-corrected chi connectivity index (χ2v) is 8.21. The Kier molecular flexibility index (Phi) is 4.81. The molecule has 29 heavy (non-hydrogen) atoms. The Morgan fingerprint density at radius 2 is 1.97 bits per heavy atom. The number of thiazole rings is 1. The Hall–Kier alpha value is -3.06. The van der Waals surface area contributed by atoms with Crippen molar-refractivity contribution in [2.24, 2.45) is 0 Å². The number of aromatic nitrogens is 4. The van der Waals surface area contributed by atoms with E-state index >= 15 is 0 Å². The van der Waals surface area contributed by atoms with E-state index < -0.39 is 0 Å². The molecular formula is C22H21N5OS. The minimum atomic E-state index is 0.133. The summed E-state index contributed by atoms with van der Waals surface area (Å²) in [7, 11) is 0. The molecule has 1 saturated heterocycles. The average Bonchev–Trinajstić information content (AvgIpc) is 3.42. The molecule has 1 atom stereocenters. The van der Waals surface area contributed by atoms with Crippen LogP contribution in [0.4, 0.5) is 0 Å². The van der Waals surface area contributed by atoms with E-state index in [-0.39, 0.29) is 11.8 Å². The molecule has 1 unspecified atom stereocenters. The van der Waals surface area contributed by atoms with Crippen LogP contribution < -0.4 is 0 Å². The highest BCUT2D eigenvalue weighted by atomic mass is 32.1. The first-order valence-corrected chi connectivity index (χ1v) is 10.7. The maximum Gasteiger partial charge on any atom is 0.228 e. The maximum absolute atomic E-state index is 12.9. The Morgan fingerprint density at radius 1 is 1.10 bits per heavy atom. The molecule has 1 aliphatic rings. The van der Waals surface area contributed by atoms with Gasteiger partial charge in [-0.25, -0.2) is 4.98 Å². The van der Waals surface area contributed by atoms with Gasteiger partial charge in [0.2, 0.25) is 5.91 Å². The molecule has 0 radical (unpaired) electrons. The predicted molar refractivity (Wildman–Crippen MR) is 113 cm³/mol. The van der Waals surface area contributed by atoms with Gasteiger partial charge in [0.05, 0.1) is 12.1 Å². The lowest BCUT2D eigenvalue weighted by Crippen LogP contribution is -2.40. The second kappa shape index (κ2) is 7.75. The second-order valence-electron chi connectivity index (χ2n) is 7.35. The van der Waals surface area contributed by atoms with E-state index in [0.29, 0.717) is 13.0 Å². The molecule has 7 heteroatoms. The molecule has 0 aliphatic carbocycles. The van der Waals surface area contributed by atoms with Crippen LogP contribution in [0.5, 0.6) is 0 Å². The molecule has 1 amide bonds. The highest BCUT2D eigenvalue weighted by Crippen LogP contribution is 2.27. The summed E-state index contributed by atoms with van der Waals surface area (Å²) in [5.41, 5.74) is 2.78. The predicted octanol–water partition coefficient (Wildman–Crippen LogP) is 3.80. The average molecular weight is 404 g/mol. The number of fused-ring (bicyclic) bond motifs is 1. The molecule has 146 valence electrons. The number of likely N-dealkylation sites (tertiary alicyclic amines) is 1. The normalized spacial score (nSPS) is 17.0. The molecule has 0 spiro atoms. The van der Waals surface area contributed by atoms with Crippen LogP contribution in [0.3, 0.4) is 0 Å². The lowest BCUT2D eigenvalue weighted by molar-refractivity contribution is -0.131. The van der Waals surface area contributed by atoms with Gasteiger partial charge < -0.3 is 4.90 Å². The van der Waals surface area contributed by atoms with Crippen molar-refractivity contribution in [3.05, 3.63) is 71.6 Å². The molecular weight excluding hydrogens is 382 g/mol. The number of carbonyl (C=O) groups is 1. The zero-order chi connectivity index (χ0) is 19.6. The van der Waals surface area contributed by atoms with E-state index in [1.54, 1.807) is 11.3 Å². The van der Waals surface area contributed by atoms with E-state index in [1.807, 2.05) is 69.4 Å². The van der Waals surface area contributed by atoms with Crippen LogP contribution in [0, 0.1) is 0 Å². The third-order valence-corrected chi connectivity index (χ3v) is 6.32. The van der Waals surface area contributed by atoms with Crippen LogP contribution in [0.1, 0.15) is 30.3 Å². The zero-order valence-electron chi connectivity index (χ0n) is 15.9. The van der Waals surface area contributed by atoms with Gasteiger partial charge in [0.1, 0.15) is 10.8 Å². The summed E-state index contributed by atoms with van der Waals surface area (Å²) in [5, 5.41) is 11.6. The van der Waals surface area contributed by atoms with Crippen molar-refractivity contribution in [2.45, 2.75) is 25.2 Å². The number of rotatable bonds is 4. The molecule has 4 aromatic rings. The fourth-order valence-corrected chi connectivity index (χ4v) is 4.75. The summed E-state index contributed by atoms with van der Waals surface area (Å²) in [5.74, 6) is 1.28. The number of benzene rings is 1. The first kappa shape index (κ1) is 18.0. The van der Waals surface area contributed by atoms with Gasteiger partial charge in [-0.3, -0.25) is 9.20 Å². The van der Waals surface area contributed by atoms with Crippen LogP contribution in [-0.4, -0.2) is 43.5 Å². The quantitative estimate of drug-likeness (QED) is 0.520. The van der Waals surface area contributed by atoms with E-state index in [4.69, 9.17) is 0 Å². The summed E-state index contributed by atoms with van der Waals surface area (Å²) in [6.45, 7) is 1.48.